The van der Waals surface area contributed by atoms with E-state index in [1.54, 1.807) is 18.0 Å². The van der Waals surface area contributed by atoms with Crippen LogP contribution in [0.1, 0.15) is 22.6 Å². The van der Waals surface area contributed by atoms with Gasteiger partial charge in [-0.15, -0.1) is 0 Å². The lowest BCUT2D eigenvalue weighted by Crippen LogP contribution is -1.98. The van der Waals surface area contributed by atoms with Crippen molar-refractivity contribution in [3.63, 3.8) is 0 Å². The van der Waals surface area contributed by atoms with Gasteiger partial charge in [0.25, 0.3) is 0 Å². The van der Waals surface area contributed by atoms with Crippen molar-refractivity contribution in [2.75, 3.05) is 0 Å². The average Bonchev–Trinajstić information content (AvgIpc) is 2.99. The van der Waals surface area contributed by atoms with E-state index >= 15 is 0 Å². The maximum atomic E-state index is 6.00. The molecule has 0 aliphatic rings. The van der Waals surface area contributed by atoms with E-state index in [2.05, 4.69) is 15.0 Å². The molecule has 0 bridgehead atoms. The van der Waals surface area contributed by atoms with Crippen LogP contribution in [-0.2, 0) is 5.75 Å². The van der Waals surface area contributed by atoms with Crippen molar-refractivity contribution in [1.29, 1.82) is 0 Å². The van der Waals surface area contributed by atoms with E-state index in [0.29, 0.717) is 16.7 Å². The van der Waals surface area contributed by atoms with Crippen LogP contribution in [0.15, 0.2) is 40.1 Å². The lowest BCUT2D eigenvalue weighted by molar-refractivity contribution is 0.573. The fraction of sp³-hybridized carbons (Fsp3) is 0.235. The van der Waals surface area contributed by atoms with Crippen molar-refractivity contribution in [3.8, 4) is 11.5 Å². The molecule has 0 atom stereocenters. The minimum atomic E-state index is 0.570. The molecule has 3 rings (SSSR count). The summed E-state index contributed by atoms with van der Waals surface area (Å²) in [5, 5.41) is 1.42. The predicted molar refractivity (Wildman–Crippen MR) is 92.8 cm³/mol. The standard InChI is InChI=1S/C17H16ClN3OS/c1-10-11(2)19-17(20-12(10)3)23-9-15-8-22-16(21-15)13-5-4-6-14(18)7-13/h4-8H,9H2,1-3H3. The first-order chi connectivity index (χ1) is 11.0. The molecular formula is C17H16ClN3OS. The van der Waals surface area contributed by atoms with Gasteiger partial charge in [-0.25, -0.2) is 15.0 Å². The smallest absolute Gasteiger partial charge is 0.226 e. The zero-order valence-electron chi connectivity index (χ0n) is 13.1. The average molecular weight is 346 g/mol. The highest BCUT2D eigenvalue weighted by atomic mass is 35.5. The topological polar surface area (TPSA) is 51.8 Å². The Morgan fingerprint density at radius 2 is 1.83 bits per heavy atom. The molecule has 0 amide bonds. The van der Waals surface area contributed by atoms with Gasteiger partial charge in [-0.3, -0.25) is 0 Å². The first-order valence-corrected chi connectivity index (χ1v) is 8.54. The van der Waals surface area contributed by atoms with E-state index < -0.39 is 0 Å². The van der Waals surface area contributed by atoms with E-state index in [4.69, 9.17) is 16.0 Å². The summed E-state index contributed by atoms with van der Waals surface area (Å²) in [6.45, 7) is 6.04. The predicted octanol–water partition coefficient (Wildman–Crippen LogP) is 5.00. The van der Waals surface area contributed by atoms with Gasteiger partial charge in [0.05, 0.1) is 5.69 Å². The monoisotopic (exact) mass is 345 g/mol. The molecule has 0 spiro atoms. The van der Waals surface area contributed by atoms with Gasteiger partial charge in [-0.2, -0.15) is 0 Å². The van der Waals surface area contributed by atoms with Gasteiger partial charge in [0, 0.05) is 27.7 Å². The SMILES string of the molecule is Cc1nc(SCc2coc(-c3cccc(Cl)c3)n2)nc(C)c1C. The second-order valence-electron chi connectivity index (χ2n) is 5.25. The van der Waals surface area contributed by atoms with Gasteiger partial charge in [0.2, 0.25) is 5.89 Å². The first kappa shape index (κ1) is 16.0. The fourth-order valence-corrected chi connectivity index (χ4v) is 3.07. The molecule has 0 saturated heterocycles. The number of benzene rings is 1. The van der Waals surface area contributed by atoms with Crippen LogP contribution in [0.2, 0.25) is 5.02 Å². The number of rotatable bonds is 4. The zero-order valence-corrected chi connectivity index (χ0v) is 14.7. The summed E-state index contributed by atoms with van der Waals surface area (Å²) in [7, 11) is 0. The number of thioether (sulfide) groups is 1. The van der Waals surface area contributed by atoms with E-state index in [9.17, 15) is 0 Å². The summed E-state index contributed by atoms with van der Waals surface area (Å²) in [5.74, 6) is 1.23. The molecule has 6 heteroatoms. The van der Waals surface area contributed by atoms with E-state index in [1.807, 2.05) is 45.0 Å². The van der Waals surface area contributed by atoms with Crippen molar-refractivity contribution in [2.24, 2.45) is 0 Å². The third kappa shape index (κ3) is 3.74. The number of oxazole rings is 1. The normalized spacial score (nSPS) is 11.0. The Hall–Kier alpha value is -1.85. The quantitative estimate of drug-likeness (QED) is 0.491. The highest BCUT2D eigenvalue weighted by Crippen LogP contribution is 2.25. The molecule has 4 nitrogen and oxygen atoms in total. The van der Waals surface area contributed by atoms with Gasteiger partial charge in [0.15, 0.2) is 5.16 Å². The molecule has 2 heterocycles. The highest BCUT2D eigenvalue weighted by Gasteiger charge is 2.10. The summed E-state index contributed by atoms with van der Waals surface area (Å²) < 4.78 is 5.54. The fourth-order valence-electron chi connectivity index (χ4n) is 2.07. The minimum absolute atomic E-state index is 0.570. The Morgan fingerprint density at radius 1 is 1.09 bits per heavy atom. The molecule has 0 fully saturated rings. The maximum absolute atomic E-state index is 6.00. The third-order valence-electron chi connectivity index (χ3n) is 3.58. The van der Waals surface area contributed by atoms with Crippen molar-refractivity contribution in [3.05, 3.63) is 58.2 Å². The Kier molecular flexibility index (Phi) is 4.68. The van der Waals surface area contributed by atoms with Gasteiger partial charge in [-0.05, 0) is 44.5 Å². The number of halogens is 1. The van der Waals surface area contributed by atoms with Gasteiger partial charge in [-0.1, -0.05) is 29.4 Å². The largest absolute Gasteiger partial charge is 0.444 e. The molecule has 0 N–H and O–H groups in total. The van der Waals surface area contributed by atoms with Crippen molar-refractivity contribution < 1.29 is 4.42 Å². The molecular weight excluding hydrogens is 330 g/mol. The lowest BCUT2D eigenvalue weighted by atomic mass is 10.2. The summed E-state index contributed by atoms with van der Waals surface area (Å²) >= 11 is 7.55. The van der Waals surface area contributed by atoms with E-state index in [-0.39, 0.29) is 0 Å². The number of aryl methyl sites for hydroxylation is 2. The van der Waals surface area contributed by atoms with Gasteiger partial charge >= 0.3 is 0 Å². The Morgan fingerprint density at radius 3 is 2.52 bits per heavy atom. The van der Waals surface area contributed by atoms with Crippen LogP contribution < -0.4 is 0 Å². The molecule has 118 valence electrons. The highest BCUT2D eigenvalue weighted by molar-refractivity contribution is 7.98. The summed E-state index contributed by atoms with van der Waals surface area (Å²) in [6.07, 6.45) is 1.66. The molecule has 0 unspecified atom stereocenters. The summed E-state index contributed by atoms with van der Waals surface area (Å²) in [6, 6.07) is 7.46. The molecule has 0 radical (unpaired) electrons. The van der Waals surface area contributed by atoms with Crippen LogP contribution in [0.5, 0.6) is 0 Å². The Labute approximate surface area is 144 Å². The van der Waals surface area contributed by atoms with Crippen molar-refractivity contribution >= 4 is 23.4 Å². The molecule has 0 saturated carbocycles. The molecule has 2 aromatic heterocycles. The summed E-state index contributed by atoms with van der Waals surface area (Å²) in [4.78, 5) is 13.5. The first-order valence-electron chi connectivity index (χ1n) is 7.18. The van der Waals surface area contributed by atoms with Crippen LogP contribution in [0.4, 0.5) is 0 Å². The van der Waals surface area contributed by atoms with Crippen molar-refractivity contribution in [1.82, 2.24) is 15.0 Å². The van der Waals surface area contributed by atoms with Crippen molar-refractivity contribution in [2.45, 2.75) is 31.7 Å². The second kappa shape index (κ2) is 6.72. The van der Waals surface area contributed by atoms with Gasteiger partial charge in [0.1, 0.15) is 6.26 Å². The maximum Gasteiger partial charge on any atom is 0.226 e. The number of aromatic nitrogens is 3. The molecule has 0 aliphatic heterocycles. The number of hydrogen-bond donors (Lipinski definition) is 0. The van der Waals surface area contributed by atoms with Crippen LogP contribution in [0.25, 0.3) is 11.5 Å². The van der Waals surface area contributed by atoms with Crippen LogP contribution >= 0.6 is 23.4 Å². The Balaban J connectivity index is 1.73. The number of nitrogens with zero attached hydrogens (tertiary/aromatic N) is 3. The van der Waals surface area contributed by atoms with E-state index in [0.717, 1.165) is 33.4 Å². The van der Waals surface area contributed by atoms with Crippen LogP contribution in [-0.4, -0.2) is 15.0 Å². The second-order valence-corrected chi connectivity index (χ2v) is 6.62. The van der Waals surface area contributed by atoms with Crippen LogP contribution in [0.3, 0.4) is 0 Å². The molecule has 1 aromatic carbocycles. The molecule has 0 aliphatic carbocycles. The third-order valence-corrected chi connectivity index (χ3v) is 4.70. The minimum Gasteiger partial charge on any atom is -0.444 e. The van der Waals surface area contributed by atoms with Crippen LogP contribution in [0, 0.1) is 20.8 Å². The zero-order chi connectivity index (χ0) is 16.4. The number of hydrogen-bond acceptors (Lipinski definition) is 5. The molecule has 3 aromatic rings. The Bertz CT molecular complexity index is 824. The summed E-state index contributed by atoms with van der Waals surface area (Å²) in [5.41, 5.74) is 4.88. The molecule has 23 heavy (non-hydrogen) atoms. The van der Waals surface area contributed by atoms with E-state index in [1.165, 1.54) is 0 Å². The van der Waals surface area contributed by atoms with Gasteiger partial charge < -0.3 is 4.42 Å². The lowest BCUT2D eigenvalue weighted by Gasteiger charge is -2.05.